The zero-order valence-electron chi connectivity index (χ0n) is 8.50. The average Bonchev–Trinajstić information content (AvgIpc) is 2.66. The Bertz CT molecular complexity index is 150. The lowest BCUT2D eigenvalue weighted by Gasteiger charge is -2.23. The van der Waals surface area contributed by atoms with Gasteiger partial charge in [0.25, 0.3) is 0 Å². The number of aliphatic hydroxyl groups excluding tert-OH is 1. The first kappa shape index (κ1) is 10.0. The fourth-order valence-corrected chi connectivity index (χ4v) is 1.76. The number of epoxide rings is 1. The minimum atomic E-state index is -0.292. The number of hydrogen-bond acceptors (Lipinski definition) is 2. The predicted octanol–water partition coefficient (Wildman–Crippen LogP) is 1.82. The third-order valence-electron chi connectivity index (χ3n) is 2.61. The Labute approximate surface area is 74.9 Å². The Morgan fingerprint density at radius 3 is 2.25 bits per heavy atom. The summed E-state index contributed by atoms with van der Waals surface area (Å²) in [7, 11) is 0. The van der Waals surface area contributed by atoms with E-state index in [2.05, 4.69) is 20.8 Å². The quantitative estimate of drug-likeness (QED) is 0.656. The molecule has 1 rings (SSSR count). The molecule has 1 saturated heterocycles. The van der Waals surface area contributed by atoms with Gasteiger partial charge in [-0.3, -0.25) is 0 Å². The molecule has 0 spiro atoms. The molecule has 1 heterocycles. The number of rotatable bonds is 4. The van der Waals surface area contributed by atoms with Gasteiger partial charge in [0.15, 0.2) is 0 Å². The third kappa shape index (κ3) is 2.20. The molecule has 1 fully saturated rings. The van der Waals surface area contributed by atoms with Crippen LogP contribution in [0.2, 0.25) is 0 Å². The SMILES string of the molecule is CC(C)CC(C)[C@@H](O)[C@]1(C)CO1. The standard InChI is InChI=1S/C10H20O2/c1-7(2)5-8(3)9(11)10(4)6-12-10/h7-9,11H,5-6H2,1-4H3/t8?,9-,10+/m1/s1. The summed E-state index contributed by atoms with van der Waals surface area (Å²) in [5.41, 5.74) is -0.228. The van der Waals surface area contributed by atoms with Crippen molar-refractivity contribution in [2.75, 3.05) is 6.61 Å². The Morgan fingerprint density at radius 1 is 1.42 bits per heavy atom. The first-order chi connectivity index (χ1) is 5.46. The lowest BCUT2D eigenvalue weighted by molar-refractivity contribution is 0.0336. The van der Waals surface area contributed by atoms with Gasteiger partial charge in [-0.05, 0) is 25.2 Å². The van der Waals surface area contributed by atoms with Gasteiger partial charge in [-0.15, -0.1) is 0 Å². The van der Waals surface area contributed by atoms with E-state index in [1.54, 1.807) is 0 Å². The Hall–Kier alpha value is -0.0800. The molecule has 3 atom stereocenters. The van der Waals surface area contributed by atoms with E-state index in [0.717, 1.165) is 13.0 Å². The highest BCUT2D eigenvalue weighted by Crippen LogP contribution is 2.35. The zero-order valence-corrected chi connectivity index (χ0v) is 8.50. The Morgan fingerprint density at radius 2 is 1.92 bits per heavy atom. The highest BCUT2D eigenvalue weighted by molar-refractivity contribution is 4.96. The van der Waals surface area contributed by atoms with E-state index in [1.165, 1.54) is 0 Å². The van der Waals surface area contributed by atoms with E-state index >= 15 is 0 Å². The van der Waals surface area contributed by atoms with Gasteiger partial charge in [-0.2, -0.15) is 0 Å². The molecule has 1 N–H and O–H groups in total. The molecular weight excluding hydrogens is 152 g/mol. The van der Waals surface area contributed by atoms with Gasteiger partial charge in [0.2, 0.25) is 0 Å². The molecule has 12 heavy (non-hydrogen) atoms. The van der Waals surface area contributed by atoms with Crippen LogP contribution in [0.1, 0.15) is 34.1 Å². The zero-order chi connectivity index (χ0) is 9.35. The third-order valence-corrected chi connectivity index (χ3v) is 2.61. The number of ether oxygens (including phenoxy) is 1. The summed E-state index contributed by atoms with van der Waals surface area (Å²) in [6.45, 7) is 9.15. The van der Waals surface area contributed by atoms with E-state index in [0.29, 0.717) is 11.8 Å². The van der Waals surface area contributed by atoms with Crippen LogP contribution < -0.4 is 0 Å². The van der Waals surface area contributed by atoms with Gasteiger partial charge < -0.3 is 9.84 Å². The summed E-state index contributed by atoms with van der Waals surface area (Å²) in [6.07, 6.45) is 0.778. The molecule has 0 aliphatic carbocycles. The van der Waals surface area contributed by atoms with Gasteiger partial charge in [0, 0.05) is 0 Å². The van der Waals surface area contributed by atoms with Crippen molar-refractivity contribution in [1.82, 2.24) is 0 Å². The van der Waals surface area contributed by atoms with Crippen LogP contribution in [0, 0.1) is 11.8 Å². The van der Waals surface area contributed by atoms with Crippen molar-refractivity contribution < 1.29 is 9.84 Å². The van der Waals surface area contributed by atoms with Gasteiger partial charge in [-0.1, -0.05) is 20.8 Å². The van der Waals surface area contributed by atoms with Crippen LogP contribution in [0.25, 0.3) is 0 Å². The minimum absolute atomic E-state index is 0.228. The average molecular weight is 172 g/mol. The van der Waals surface area contributed by atoms with Crippen LogP contribution in [0.4, 0.5) is 0 Å². The fraction of sp³-hybridized carbons (Fsp3) is 1.00. The highest BCUT2D eigenvalue weighted by atomic mass is 16.6. The van der Waals surface area contributed by atoms with E-state index in [9.17, 15) is 5.11 Å². The second-order valence-electron chi connectivity index (χ2n) is 4.65. The molecule has 0 aromatic rings. The molecule has 0 aromatic heterocycles. The topological polar surface area (TPSA) is 32.8 Å². The molecule has 0 aromatic carbocycles. The van der Waals surface area contributed by atoms with Gasteiger partial charge in [-0.25, -0.2) is 0 Å². The van der Waals surface area contributed by atoms with Crippen LogP contribution in [-0.4, -0.2) is 23.4 Å². The second-order valence-corrected chi connectivity index (χ2v) is 4.65. The lowest BCUT2D eigenvalue weighted by atomic mass is 9.87. The van der Waals surface area contributed by atoms with E-state index in [-0.39, 0.29) is 11.7 Å². The molecule has 0 bridgehead atoms. The maximum atomic E-state index is 9.84. The number of aliphatic hydroxyl groups is 1. The molecule has 72 valence electrons. The van der Waals surface area contributed by atoms with Crippen LogP contribution in [-0.2, 0) is 4.74 Å². The lowest BCUT2D eigenvalue weighted by Crippen LogP contribution is -2.33. The van der Waals surface area contributed by atoms with Crippen LogP contribution >= 0.6 is 0 Å². The maximum absolute atomic E-state index is 9.84. The van der Waals surface area contributed by atoms with E-state index < -0.39 is 0 Å². The molecule has 0 saturated carbocycles. The molecule has 2 nitrogen and oxygen atoms in total. The van der Waals surface area contributed by atoms with Gasteiger partial charge in [0.1, 0.15) is 5.60 Å². The van der Waals surface area contributed by atoms with Crippen LogP contribution in [0.15, 0.2) is 0 Å². The molecule has 0 amide bonds. The van der Waals surface area contributed by atoms with Crippen molar-refractivity contribution in [3.05, 3.63) is 0 Å². The van der Waals surface area contributed by atoms with Crippen molar-refractivity contribution in [2.24, 2.45) is 11.8 Å². The van der Waals surface area contributed by atoms with Crippen molar-refractivity contribution >= 4 is 0 Å². The summed E-state index contributed by atoms with van der Waals surface area (Å²) >= 11 is 0. The van der Waals surface area contributed by atoms with Gasteiger partial charge >= 0.3 is 0 Å². The van der Waals surface area contributed by atoms with Gasteiger partial charge in [0.05, 0.1) is 12.7 Å². The smallest absolute Gasteiger partial charge is 0.115 e. The largest absolute Gasteiger partial charge is 0.390 e. The Kier molecular flexibility index (Phi) is 2.79. The fourth-order valence-electron chi connectivity index (χ4n) is 1.76. The Balaban J connectivity index is 2.36. The molecular formula is C10H20O2. The molecule has 1 aliphatic rings. The van der Waals surface area contributed by atoms with E-state index in [1.807, 2.05) is 6.92 Å². The maximum Gasteiger partial charge on any atom is 0.115 e. The first-order valence-corrected chi connectivity index (χ1v) is 4.78. The molecule has 1 unspecified atom stereocenters. The molecule has 1 aliphatic heterocycles. The van der Waals surface area contributed by atoms with E-state index in [4.69, 9.17) is 4.74 Å². The normalized spacial score (nSPS) is 33.5. The van der Waals surface area contributed by atoms with Crippen molar-refractivity contribution in [3.8, 4) is 0 Å². The first-order valence-electron chi connectivity index (χ1n) is 4.78. The van der Waals surface area contributed by atoms with Crippen LogP contribution in [0.5, 0.6) is 0 Å². The molecule has 0 radical (unpaired) electrons. The van der Waals surface area contributed by atoms with Crippen molar-refractivity contribution in [3.63, 3.8) is 0 Å². The summed E-state index contributed by atoms with van der Waals surface area (Å²) in [6, 6.07) is 0. The van der Waals surface area contributed by atoms with Crippen molar-refractivity contribution in [2.45, 2.75) is 45.8 Å². The summed E-state index contributed by atoms with van der Waals surface area (Å²) in [4.78, 5) is 0. The highest BCUT2D eigenvalue weighted by Gasteiger charge is 2.48. The summed E-state index contributed by atoms with van der Waals surface area (Å²) in [5.74, 6) is 0.995. The summed E-state index contributed by atoms with van der Waals surface area (Å²) < 4.78 is 5.21. The summed E-state index contributed by atoms with van der Waals surface area (Å²) in [5, 5.41) is 9.84. The van der Waals surface area contributed by atoms with Crippen molar-refractivity contribution in [1.29, 1.82) is 0 Å². The second kappa shape index (κ2) is 3.35. The number of hydrogen-bond donors (Lipinski definition) is 1. The monoisotopic (exact) mass is 172 g/mol. The predicted molar refractivity (Wildman–Crippen MR) is 49.0 cm³/mol. The minimum Gasteiger partial charge on any atom is -0.390 e. The molecule has 2 heteroatoms. The van der Waals surface area contributed by atoms with Crippen LogP contribution in [0.3, 0.4) is 0 Å².